The standard InChI is InChI=1S/C20H20O5/c1-13(12-21)2-8-16-19(24)11-9-17(20(16)25)18(23)10-5-14-3-6-15(22)7-4-14/h2-7,9-11,21-22,24-25H,8,12H2,1H3/b10-5+,13-2+. The van der Waals surface area contributed by atoms with Gasteiger partial charge < -0.3 is 20.4 Å². The lowest BCUT2D eigenvalue weighted by Gasteiger charge is -2.09. The Morgan fingerprint density at radius 3 is 2.36 bits per heavy atom. The SMILES string of the molecule is C/C(=C\Cc1c(O)ccc(C(=O)/C=C/c2ccc(O)cc2)c1O)CO. The number of aliphatic hydroxyl groups excluding tert-OH is 1. The zero-order chi connectivity index (χ0) is 18.4. The van der Waals surface area contributed by atoms with Crippen molar-refractivity contribution >= 4 is 11.9 Å². The maximum absolute atomic E-state index is 12.3. The van der Waals surface area contributed by atoms with Gasteiger partial charge in [0.15, 0.2) is 5.78 Å². The van der Waals surface area contributed by atoms with Gasteiger partial charge in [0, 0.05) is 5.56 Å². The highest BCUT2D eigenvalue weighted by Crippen LogP contribution is 2.32. The first-order valence-electron chi connectivity index (χ1n) is 7.74. The van der Waals surface area contributed by atoms with E-state index in [-0.39, 0.29) is 41.4 Å². The van der Waals surface area contributed by atoms with E-state index < -0.39 is 5.78 Å². The molecule has 0 aliphatic carbocycles. The average molecular weight is 340 g/mol. The Labute approximate surface area is 145 Å². The molecule has 0 unspecified atom stereocenters. The van der Waals surface area contributed by atoms with Gasteiger partial charge in [-0.25, -0.2) is 0 Å². The molecule has 0 bridgehead atoms. The van der Waals surface area contributed by atoms with Crippen molar-refractivity contribution in [2.24, 2.45) is 0 Å². The molecule has 0 fully saturated rings. The quantitative estimate of drug-likeness (QED) is 0.368. The second-order valence-corrected chi connectivity index (χ2v) is 5.66. The fourth-order valence-electron chi connectivity index (χ4n) is 2.21. The van der Waals surface area contributed by atoms with Gasteiger partial charge >= 0.3 is 0 Å². The minimum absolute atomic E-state index is 0.0814. The first kappa shape index (κ1) is 18.3. The van der Waals surface area contributed by atoms with Crippen LogP contribution in [0.4, 0.5) is 0 Å². The van der Waals surface area contributed by atoms with Crippen LogP contribution in [0.5, 0.6) is 17.2 Å². The molecule has 25 heavy (non-hydrogen) atoms. The lowest BCUT2D eigenvalue weighted by Crippen LogP contribution is -1.98. The summed E-state index contributed by atoms with van der Waals surface area (Å²) in [4.78, 5) is 12.3. The van der Waals surface area contributed by atoms with Gasteiger partial charge in [-0.05, 0) is 49.2 Å². The molecule has 2 aromatic carbocycles. The molecule has 0 aliphatic rings. The first-order chi connectivity index (χ1) is 11.9. The molecular formula is C20H20O5. The number of allylic oxidation sites excluding steroid dienone is 2. The van der Waals surface area contributed by atoms with E-state index in [2.05, 4.69) is 0 Å². The second-order valence-electron chi connectivity index (χ2n) is 5.66. The van der Waals surface area contributed by atoms with Crippen molar-refractivity contribution < 1.29 is 25.2 Å². The maximum atomic E-state index is 12.3. The number of hydrogen-bond donors (Lipinski definition) is 4. The Balaban J connectivity index is 2.26. The summed E-state index contributed by atoms with van der Waals surface area (Å²) in [5.41, 5.74) is 1.74. The van der Waals surface area contributed by atoms with E-state index in [0.29, 0.717) is 5.57 Å². The van der Waals surface area contributed by atoms with E-state index in [9.17, 15) is 20.1 Å². The maximum Gasteiger partial charge on any atom is 0.189 e. The molecule has 0 atom stereocenters. The summed E-state index contributed by atoms with van der Waals surface area (Å²) >= 11 is 0. The van der Waals surface area contributed by atoms with Crippen molar-refractivity contribution in [1.29, 1.82) is 0 Å². The van der Waals surface area contributed by atoms with Crippen molar-refractivity contribution in [3.63, 3.8) is 0 Å². The predicted molar refractivity (Wildman–Crippen MR) is 95.8 cm³/mol. The number of phenolic OH excluding ortho intramolecular Hbond substituents is 3. The van der Waals surface area contributed by atoms with Crippen molar-refractivity contribution in [1.82, 2.24) is 0 Å². The summed E-state index contributed by atoms with van der Waals surface area (Å²) in [6, 6.07) is 9.05. The van der Waals surface area contributed by atoms with E-state index in [4.69, 9.17) is 5.11 Å². The number of aromatic hydroxyl groups is 3. The molecule has 0 radical (unpaired) electrons. The number of carbonyl (C=O) groups is 1. The van der Waals surface area contributed by atoms with Crippen molar-refractivity contribution in [3.8, 4) is 17.2 Å². The van der Waals surface area contributed by atoms with Gasteiger partial charge in [-0.2, -0.15) is 0 Å². The van der Waals surface area contributed by atoms with E-state index in [1.165, 1.54) is 30.3 Å². The van der Waals surface area contributed by atoms with Crippen LogP contribution in [0.15, 0.2) is 54.1 Å². The van der Waals surface area contributed by atoms with E-state index in [1.54, 1.807) is 31.2 Å². The largest absolute Gasteiger partial charge is 0.508 e. The normalized spacial score (nSPS) is 11.8. The van der Waals surface area contributed by atoms with Crippen LogP contribution < -0.4 is 0 Å². The first-order valence-corrected chi connectivity index (χ1v) is 7.74. The summed E-state index contributed by atoms with van der Waals surface area (Å²) in [5, 5.41) is 38.5. The van der Waals surface area contributed by atoms with Crippen LogP contribution in [0, 0.1) is 0 Å². The third-order valence-electron chi connectivity index (χ3n) is 3.75. The van der Waals surface area contributed by atoms with Crippen molar-refractivity contribution in [2.45, 2.75) is 13.3 Å². The Bertz CT molecular complexity index is 817. The molecule has 0 saturated carbocycles. The van der Waals surface area contributed by atoms with Crippen LogP contribution in [0.3, 0.4) is 0 Å². The number of hydrogen-bond acceptors (Lipinski definition) is 5. The third kappa shape index (κ3) is 4.71. The molecule has 5 heteroatoms. The Morgan fingerprint density at radius 2 is 1.72 bits per heavy atom. The molecule has 0 aliphatic heterocycles. The van der Waals surface area contributed by atoms with Crippen LogP contribution in [-0.4, -0.2) is 32.8 Å². The molecule has 0 amide bonds. The van der Waals surface area contributed by atoms with Gasteiger partial charge in [-0.3, -0.25) is 4.79 Å². The molecule has 4 N–H and O–H groups in total. The lowest BCUT2D eigenvalue weighted by molar-refractivity contribution is 0.104. The number of rotatable bonds is 6. The predicted octanol–water partition coefficient (Wildman–Crippen LogP) is 3.18. The molecule has 130 valence electrons. The average Bonchev–Trinajstić information content (AvgIpc) is 2.60. The van der Waals surface area contributed by atoms with Crippen molar-refractivity contribution in [3.05, 3.63) is 70.8 Å². The zero-order valence-corrected chi connectivity index (χ0v) is 13.8. The van der Waals surface area contributed by atoms with Gasteiger partial charge in [0.25, 0.3) is 0 Å². The number of phenols is 3. The summed E-state index contributed by atoms with van der Waals surface area (Å²) in [6.45, 7) is 1.61. The summed E-state index contributed by atoms with van der Waals surface area (Å²) in [5.74, 6) is -0.661. The summed E-state index contributed by atoms with van der Waals surface area (Å²) in [7, 11) is 0. The minimum Gasteiger partial charge on any atom is -0.508 e. The van der Waals surface area contributed by atoms with Crippen LogP contribution in [0.2, 0.25) is 0 Å². The Hall–Kier alpha value is -3.05. The van der Waals surface area contributed by atoms with E-state index in [1.807, 2.05) is 0 Å². The van der Waals surface area contributed by atoms with E-state index in [0.717, 1.165) is 5.56 Å². The molecule has 0 heterocycles. The number of carbonyl (C=O) groups excluding carboxylic acids is 1. The van der Waals surface area contributed by atoms with Crippen LogP contribution in [-0.2, 0) is 6.42 Å². The summed E-state index contributed by atoms with van der Waals surface area (Å²) in [6.07, 6.45) is 4.77. The second kappa shape index (κ2) is 8.17. The highest BCUT2D eigenvalue weighted by Gasteiger charge is 2.15. The molecule has 0 spiro atoms. The Morgan fingerprint density at radius 1 is 1.04 bits per heavy atom. The fraction of sp³-hybridized carbons (Fsp3) is 0.150. The third-order valence-corrected chi connectivity index (χ3v) is 3.75. The molecule has 2 rings (SSSR count). The Kier molecular flexibility index (Phi) is 5.98. The zero-order valence-electron chi connectivity index (χ0n) is 13.8. The number of aliphatic hydroxyl groups is 1. The van der Waals surface area contributed by atoms with Gasteiger partial charge in [0.05, 0.1) is 12.2 Å². The highest BCUT2D eigenvalue weighted by atomic mass is 16.3. The molecule has 0 aromatic heterocycles. The molecule has 2 aromatic rings. The van der Waals surface area contributed by atoms with E-state index >= 15 is 0 Å². The van der Waals surface area contributed by atoms with Gasteiger partial charge in [0.1, 0.15) is 17.2 Å². The fourth-order valence-corrected chi connectivity index (χ4v) is 2.21. The van der Waals surface area contributed by atoms with Crippen LogP contribution >= 0.6 is 0 Å². The monoisotopic (exact) mass is 340 g/mol. The summed E-state index contributed by atoms with van der Waals surface area (Å²) < 4.78 is 0. The number of benzene rings is 2. The molecular weight excluding hydrogens is 320 g/mol. The van der Waals surface area contributed by atoms with Gasteiger partial charge in [0.2, 0.25) is 0 Å². The van der Waals surface area contributed by atoms with Gasteiger partial charge in [-0.1, -0.05) is 29.9 Å². The van der Waals surface area contributed by atoms with Crippen LogP contribution in [0.25, 0.3) is 6.08 Å². The lowest BCUT2D eigenvalue weighted by atomic mass is 10.0. The number of ketones is 1. The van der Waals surface area contributed by atoms with Crippen molar-refractivity contribution in [2.75, 3.05) is 6.61 Å². The highest BCUT2D eigenvalue weighted by molar-refractivity contribution is 6.09. The molecule has 0 saturated heterocycles. The smallest absolute Gasteiger partial charge is 0.189 e. The minimum atomic E-state index is -0.408. The topological polar surface area (TPSA) is 98.0 Å². The van der Waals surface area contributed by atoms with Crippen LogP contribution in [0.1, 0.15) is 28.4 Å². The molecule has 5 nitrogen and oxygen atoms in total. The van der Waals surface area contributed by atoms with Gasteiger partial charge in [-0.15, -0.1) is 0 Å².